The third-order valence-electron chi connectivity index (χ3n) is 7.04. The van der Waals surface area contributed by atoms with Gasteiger partial charge >= 0.3 is 6.16 Å². The van der Waals surface area contributed by atoms with Gasteiger partial charge in [0, 0.05) is 13.5 Å². The van der Waals surface area contributed by atoms with E-state index in [1.165, 1.54) is 12.1 Å². The zero-order chi connectivity index (χ0) is 35.1. The van der Waals surface area contributed by atoms with Crippen molar-refractivity contribution in [2.24, 2.45) is 0 Å². The fraction of sp³-hybridized carbons (Fsp3) is 0.656. The molecule has 1 aromatic carbocycles. The van der Waals surface area contributed by atoms with E-state index in [0.29, 0.717) is 90.8 Å². The van der Waals surface area contributed by atoms with E-state index in [1.54, 1.807) is 19.2 Å². The summed E-state index contributed by atoms with van der Waals surface area (Å²) >= 11 is 0. The van der Waals surface area contributed by atoms with Crippen molar-refractivity contribution in [1.29, 1.82) is 0 Å². The largest absolute Gasteiger partial charge is 0.510 e. The lowest BCUT2D eigenvalue weighted by atomic mass is 10.0. The first-order valence-electron chi connectivity index (χ1n) is 16.1. The van der Waals surface area contributed by atoms with Crippen LogP contribution in [0.1, 0.15) is 33.6 Å². The number of methoxy groups -OCH3 is 1. The van der Waals surface area contributed by atoms with Gasteiger partial charge in [-0.15, -0.1) is 0 Å². The third kappa shape index (κ3) is 14.1. The number of piperidine rings is 1. The van der Waals surface area contributed by atoms with Gasteiger partial charge in [-0.1, -0.05) is 12.1 Å². The topological polar surface area (TPSA) is 184 Å². The number of carbonyl (C=O) groups is 5. The monoisotopic (exact) mass is 698 g/mol. The van der Waals surface area contributed by atoms with E-state index in [-0.39, 0.29) is 43.8 Å². The molecule has 0 aliphatic carbocycles. The molecule has 1 aromatic rings. The number of hydrogen-bond acceptors (Lipinski definition) is 15. The number of benzene rings is 1. The van der Waals surface area contributed by atoms with Crippen molar-refractivity contribution >= 4 is 29.8 Å². The van der Waals surface area contributed by atoms with E-state index in [9.17, 15) is 24.0 Å². The quantitative estimate of drug-likeness (QED) is 0.0709. The van der Waals surface area contributed by atoms with Crippen LogP contribution in [-0.2, 0) is 57.0 Å². The molecule has 0 bridgehead atoms. The van der Waals surface area contributed by atoms with E-state index in [4.69, 9.17) is 47.4 Å². The molecule has 17 nitrogen and oxygen atoms in total. The fourth-order valence-corrected chi connectivity index (χ4v) is 4.59. The highest BCUT2D eigenvalue weighted by Crippen LogP contribution is 2.29. The fourth-order valence-electron chi connectivity index (χ4n) is 4.59. The molecule has 1 unspecified atom stereocenters. The van der Waals surface area contributed by atoms with Crippen LogP contribution < -0.4 is 0 Å². The molecule has 2 heterocycles. The van der Waals surface area contributed by atoms with E-state index >= 15 is 0 Å². The predicted octanol–water partition coefficient (Wildman–Crippen LogP) is 0.674. The molecule has 1 atom stereocenters. The number of nitrogens with zero attached hydrogens (tertiary/aromatic N) is 2. The van der Waals surface area contributed by atoms with Crippen LogP contribution in [0.2, 0.25) is 0 Å². The van der Waals surface area contributed by atoms with Gasteiger partial charge in [-0.25, -0.2) is 9.69 Å². The van der Waals surface area contributed by atoms with Gasteiger partial charge in [0.2, 0.25) is 5.91 Å². The highest BCUT2D eigenvalue weighted by atomic mass is 16.7. The summed E-state index contributed by atoms with van der Waals surface area (Å²) in [7, 11) is 1.63. The lowest BCUT2D eigenvalue weighted by Gasteiger charge is -2.33. The Bertz CT molecular complexity index is 1150. The molecule has 0 aromatic heterocycles. The molecule has 0 radical (unpaired) electrons. The first-order chi connectivity index (χ1) is 24.0. The lowest BCUT2D eigenvalue weighted by molar-refractivity contribution is -0.156. The lowest BCUT2D eigenvalue weighted by Crippen LogP contribution is -2.56. The number of ether oxygens (including phenoxy) is 10. The van der Waals surface area contributed by atoms with E-state index in [2.05, 4.69) is 0 Å². The molecule has 2 aliphatic rings. The normalized spacial score (nSPS) is 16.1. The molecule has 49 heavy (non-hydrogen) atoms. The Morgan fingerprint density at radius 3 is 1.45 bits per heavy atom. The van der Waals surface area contributed by atoms with Gasteiger partial charge < -0.3 is 47.4 Å². The average Bonchev–Trinajstić information content (AvgIpc) is 3.35. The Balaban J connectivity index is 1.10. The molecule has 0 N–H and O–H groups in total. The van der Waals surface area contributed by atoms with Crippen LogP contribution >= 0.6 is 0 Å². The molecule has 2 aliphatic heterocycles. The Labute approximate surface area is 284 Å². The maximum Gasteiger partial charge on any atom is 0.510 e. The van der Waals surface area contributed by atoms with Crippen molar-refractivity contribution in [3.63, 3.8) is 0 Å². The summed E-state index contributed by atoms with van der Waals surface area (Å²) in [6, 6.07) is 5.05. The zero-order valence-electron chi connectivity index (χ0n) is 27.8. The van der Waals surface area contributed by atoms with Crippen molar-refractivity contribution in [2.75, 3.05) is 120 Å². The second-order valence-corrected chi connectivity index (χ2v) is 10.4. The highest BCUT2D eigenvalue weighted by molar-refractivity contribution is 6.23. The molecule has 4 amide bonds. The van der Waals surface area contributed by atoms with Gasteiger partial charge in [0.25, 0.3) is 17.7 Å². The Morgan fingerprint density at radius 1 is 0.612 bits per heavy atom. The summed E-state index contributed by atoms with van der Waals surface area (Å²) in [6.07, 6.45) is -1.24. The van der Waals surface area contributed by atoms with Crippen molar-refractivity contribution in [1.82, 2.24) is 9.80 Å². The van der Waals surface area contributed by atoms with Crippen LogP contribution in [0.15, 0.2) is 24.3 Å². The summed E-state index contributed by atoms with van der Waals surface area (Å²) in [5.41, 5.74) is 0.384. The minimum atomic E-state index is -1.18. The second-order valence-electron chi connectivity index (χ2n) is 10.4. The summed E-state index contributed by atoms with van der Waals surface area (Å²) < 4.78 is 52.4. The van der Waals surface area contributed by atoms with Crippen LogP contribution in [0, 0.1) is 0 Å². The summed E-state index contributed by atoms with van der Waals surface area (Å²) in [6.45, 7) is 5.46. The molecule has 1 fully saturated rings. The van der Waals surface area contributed by atoms with Crippen LogP contribution in [0.5, 0.6) is 0 Å². The maximum absolute atomic E-state index is 13.0. The molecule has 17 heteroatoms. The molecule has 3 rings (SSSR count). The number of imide groups is 2. The van der Waals surface area contributed by atoms with Gasteiger partial charge in [-0.05, 0) is 18.6 Å². The van der Waals surface area contributed by atoms with Crippen molar-refractivity contribution in [2.45, 2.75) is 18.9 Å². The average molecular weight is 699 g/mol. The number of fused-ring (bicyclic) bond motifs is 1. The van der Waals surface area contributed by atoms with Gasteiger partial charge in [0.1, 0.15) is 12.6 Å². The molecule has 0 spiro atoms. The Hall–Kier alpha value is -3.55. The minimum absolute atomic E-state index is 0.0184. The first kappa shape index (κ1) is 39.9. The second kappa shape index (κ2) is 23.7. The highest BCUT2D eigenvalue weighted by Gasteiger charge is 2.47. The molecular formula is C32H46N2O15. The predicted molar refractivity (Wildman–Crippen MR) is 167 cm³/mol. The Kier molecular flexibility index (Phi) is 19.3. The number of amides is 4. The van der Waals surface area contributed by atoms with Crippen LogP contribution in [0.25, 0.3) is 0 Å². The van der Waals surface area contributed by atoms with Crippen molar-refractivity contribution < 1.29 is 71.3 Å². The van der Waals surface area contributed by atoms with E-state index in [1.807, 2.05) is 0 Å². The zero-order valence-corrected chi connectivity index (χ0v) is 27.8. The molecule has 274 valence electrons. The van der Waals surface area contributed by atoms with Gasteiger partial charge in [0.05, 0.1) is 110 Å². The SMILES string of the molecule is COCCOCCOCCOCCOCCOCCOCCOCCOC(=O)OCN1C(=O)CCC(N2C(=O)c3ccccc3C2=O)C1=O. The first-order valence-corrected chi connectivity index (χ1v) is 16.1. The van der Waals surface area contributed by atoms with E-state index < -0.39 is 42.6 Å². The molecule has 0 saturated carbocycles. The van der Waals surface area contributed by atoms with E-state index in [0.717, 1.165) is 4.90 Å². The third-order valence-corrected chi connectivity index (χ3v) is 7.04. The van der Waals surface area contributed by atoms with Gasteiger partial charge in [-0.3, -0.25) is 24.1 Å². The Morgan fingerprint density at radius 2 is 1.02 bits per heavy atom. The minimum Gasteiger partial charge on any atom is -0.432 e. The number of rotatable bonds is 27. The van der Waals surface area contributed by atoms with Gasteiger partial charge in [0.15, 0.2) is 6.73 Å². The molecule has 1 saturated heterocycles. The van der Waals surface area contributed by atoms with Gasteiger partial charge in [-0.2, -0.15) is 0 Å². The van der Waals surface area contributed by atoms with Crippen LogP contribution in [-0.4, -0.2) is 165 Å². The summed E-state index contributed by atoms with van der Waals surface area (Å²) in [5.74, 6) is -2.62. The van der Waals surface area contributed by atoms with Crippen LogP contribution in [0.3, 0.4) is 0 Å². The van der Waals surface area contributed by atoms with Crippen LogP contribution in [0.4, 0.5) is 4.79 Å². The van der Waals surface area contributed by atoms with Crippen molar-refractivity contribution in [3.05, 3.63) is 35.4 Å². The number of likely N-dealkylation sites (tertiary alicyclic amines) is 1. The smallest absolute Gasteiger partial charge is 0.432 e. The summed E-state index contributed by atoms with van der Waals surface area (Å²) in [4.78, 5) is 64.5. The standard InChI is InChI=1S/C32H46N2O15/c1-40-8-9-41-10-11-42-12-13-43-14-15-44-16-17-45-18-19-46-20-21-47-22-23-48-32(39)49-24-33-28(35)7-6-27(31(33)38)34-29(36)25-4-2-3-5-26(25)30(34)37/h2-5,27H,6-24H2,1H3. The maximum atomic E-state index is 13.0. The molecular weight excluding hydrogens is 652 g/mol. The number of carbonyl (C=O) groups excluding carboxylic acids is 5. The summed E-state index contributed by atoms with van der Waals surface area (Å²) in [5, 5.41) is 0. The number of hydrogen-bond donors (Lipinski definition) is 0. The van der Waals surface area contributed by atoms with Crippen molar-refractivity contribution in [3.8, 4) is 0 Å².